The fourth-order valence-electron chi connectivity index (χ4n) is 2.17. The van der Waals surface area contributed by atoms with Crippen molar-refractivity contribution in [2.24, 2.45) is 0 Å². The Bertz CT molecular complexity index is 691. The third-order valence-electron chi connectivity index (χ3n) is 3.07. The Morgan fingerprint density at radius 2 is 2.21 bits per heavy atom. The topological polar surface area (TPSA) is 31.0 Å². The van der Waals surface area contributed by atoms with Crippen molar-refractivity contribution in [2.45, 2.75) is 18.8 Å². The molecule has 0 fully saturated rings. The smallest absolute Gasteiger partial charge is 0.125 e. The van der Waals surface area contributed by atoms with E-state index in [-0.39, 0.29) is 5.82 Å². The van der Waals surface area contributed by atoms with Crippen LogP contribution >= 0.6 is 11.6 Å². The van der Waals surface area contributed by atoms with Crippen LogP contribution in [0.3, 0.4) is 0 Å². The number of halogens is 2. The molecular weight excluding hydrogens is 267 g/mol. The van der Waals surface area contributed by atoms with Crippen molar-refractivity contribution in [1.82, 2.24) is 9.55 Å². The number of imidazole rings is 1. The number of aromatic nitrogens is 2. The van der Waals surface area contributed by atoms with Crippen LogP contribution in [0.15, 0.2) is 41.0 Å². The predicted molar refractivity (Wildman–Crippen MR) is 71.7 cm³/mol. The molecule has 0 saturated carbocycles. The van der Waals surface area contributed by atoms with E-state index in [1.54, 1.807) is 12.3 Å². The summed E-state index contributed by atoms with van der Waals surface area (Å²) in [6.07, 6.45) is 2.36. The van der Waals surface area contributed by atoms with Crippen molar-refractivity contribution in [2.75, 3.05) is 0 Å². The lowest BCUT2D eigenvalue weighted by molar-refractivity contribution is 0.491. The Kier molecular flexibility index (Phi) is 3.25. The van der Waals surface area contributed by atoms with Crippen LogP contribution in [0, 0.1) is 5.82 Å². The van der Waals surface area contributed by atoms with Crippen LogP contribution in [-0.4, -0.2) is 9.55 Å². The summed E-state index contributed by atoms with van der Waals surface area (Å²) >= 11 is 5.90. The first-order chi connectivity index (χ1) is 9.28. The minimum atomic E-state index is -0.271. The number of alkyl halides is 1. The van der Waals surface area contributed by atoms with Gasteiger partial charge in [0.1, 0.15) is 17.4 Å². The zero-order valence-corrected chi connectivity index (χ0v) is 10.9. The summed E-state index contributed by atoms with van der Waals surface area (Å²) in [5, 5.41) is 0. The summed E-state index contributed by atoms with van der Waals surface area (Å²) in [6.45, 7) is 0.662. The maximum atomic E-state index is 13.4. The van der Waals surface area contributed by atoms with Crippen molar-refractivity contribution in [3.63, 3.8) is 0 Å². The van der Waals surface area contributed by atoms with Gasteiger partial charge in [-0.25, -0.2) is 9.37 Å². The minimum Gasteiger partial charge on any atom is -0.469 e. The molecule has 1 aromatic carbocycles. The summed E-state index contributed by atoms with van der Waals surface area (Å²) in [7, 11) is 0. The van der Waals surface area contributed by atoms with E-state index in [1.807, 2.05) is 16.7 Å². The van der Waals surface area contributed by atoms with E-state index in [0.29, 0.717) is 12.4 Å². The van der Waals surface area contributed by atoms with Crippen LogP contribution in [0.25, 0.3) is 11.0 Å². The zero-order valence-electron chi connectivity index (χ0n) is 10.1. The Balaban J connectivity index is 1.97. The molecule has 0 saturated heterocycles. The third kappa shape index (κ3) is 2.36. The fraction of sp³-hybridized carbons (Fsp3) is 0.214. The van der Waals surface area contributed by atoms with Gasteiger partial charge in [0.15, 0.2) is 0 Å². The average molecular weight is 279 g/mol. The molecule has 3 nitrogen and oxygen atoms in total. The molecule has 0 aliphatic heterocycles. The Morgan fingerprint density at radius 3 is 2.95 bits per heavy atom. The van der Waals surface area contributed by atoms with Crippen molar-refractivity contribution < 1.29 is 8.81 Å². The van der Waals surface area contributed by atoms with Crippen molar-refractivity contribution >= 4 is 22.6 Å². The van der Waals surface area contributed by atoms with Crippen LogP contribution in [0.2, 0.25) is 0 Å². The van der Waals surface area contributed by atoms with Gasteiger partial charge in [0, 0.05) is 13.0 Å². The molecule has 0 aliphatic rings. The molecule has 3 aromatic rings. The van der Waals surface area contributed by atoms with E-state index in [0.717, 1.165) is 29.0 Å². The Labute approximate surface area is 114 Å². The Morgan fingerprint density at radius 1 is 1.32 bits per heavy atom. The quantitative estimate of drug-likeness (QED) is 0.681. The van der Waals surface area contributed by atoms with E-state index >= 15 is 0 Å². The molecular formula is C14H12ClFN2O. The van der Waals surface area contributed by atoms with E-state index in [2.05, 4.69) is 4.98 Å². The lowest BCUT2D eigenvalue weighted by atomic mass is 10.3. The lowest BCUT2D eigenvalue weighted by Gasteiger charge is -2.06. The van der Waals surface area contributed by atoms with Gasteiger partial charge in [-0.3, -0.25) is 0 Å². The molecule has 0 unspecified atom stereocenters. The van der Waals surface area contributed by atoms with Crippen molar-refractivity contribution in [1.29, 1.82) is 0 Å². The minimum absolute atomic E-state index is 0.271. The molecule has 0 atom stereocenters. The first-order valence-electron chi connectivity index (χ1n) is 6.01. The van der Waals surface area contributed by atoms with Crippen LogP contribution in [-0.2, 0) is 18.8 Å². The molecule has 0 aliphatic carbocycles. The maximum Gasteiger partial charge on any atom is 0.125 e. The molecule has 0 N–H and O–H groups in total. The molecule has 2 heterocycles. The molecule has 98 valence electrons. The Hall–Kier alpha value is -1.81. The van der Waals surface area contributed by atoms with Gasteiger partial charge in [-0.15, -0.1) is 11.6 Å². The number of furan rings is 1. The molecule has 19 heavy (non-hydrogen) atoms. The summed E-state index contributed by atoms with van der Waals surface area (Å²) < 4.78 is 20.6. The highest BCUT2D eigenvalue weighted by molar-refractivity contribution is 6.16. The van der Waals surface area contributed by atoms with Gasteiger partial charge < -0.3 is 8.98 Å². The number of benzene rings is 1. The van der Waals surface area contributed by atoms with Crippen LogP contribution in [0.4, 0.5) is 4.39 Å². The third-order valence-corrected chi connectivity index (χ3v) is 3.31. The second kappa shape index (κ2) is 5.05. The number of fused-ring (bicyclic) bond motifs is 1. The highest BCUT2D eigenvalue weighted by atomic mass is 35.5. The van der Waals surface area contributed by atoms with E-state index in [9.17, 15) is 4.39 Å². The van der Waals surface area contributed by atoms with Crippen LogP contribution < -0.4 is 0 Å². The second-order valence-corrected chi connectivity index (χ2v) is 4.54. The number of rotatable bonds is 4. The average Bonchev–Trinajstić information content (AvgIpc) is 3.03. The second-order valence-electron chi connectivity index (χ2n) is 4.28. The summed E-state index contributed by atoms with van der Waals surface area (Å²) in [6, 6.07) is 8.33. The molecule has 0 radical (unpaired) electrons. The summed E-state index contributed by atoms with van der Waals surface area (Å²) in [5.74, 6) is 1.66. The van der Waals surface area contributed by atoms with Gasteiger partial charge in [-0.1, -0.05) is 0 Å². The van der Waals surface area contributed by atoms with Crippen LogP contribution in [0.5, 0.6) is 0 Å². The molecule has 2 aromatic heterocycles. The molecule has 5 heteroatoms. The molecule has 0 bridgehead atoms. The number of aryl methyl sites for hydroxylation is 2. The van der Waals surface area contributed by atoms with Gasteiger partial charge in [0.2, 0.25) is 0 Å². The number of nitrogens with zero attached hydrogens (tertiary/aromatic N) is 2. The number of hydrogen-bond acceptors (Lipinski definition) is 2. The normalized spacial score (nSPS) is 11.3. The summed E-state index contributed by atoms with van der Waals surface area (Å²) in [4.78, 5) is 4.41. The monoisotopic (exact) mass is 278 g/mol. The standard InChI is InChI=1S/C14H12ClFN2O/c15-9-14-17-12-4-3-10(16)8-13(12)18(14)6-5-11-2-1-7-19-11/h1-4,7-8H,5-6,9H2. The van der Waals surface area contributed by atoms with Crippen LogP contribution in [0.1, 0.15) is 11.6 Å². The SMILES string of the molecule is Fc1ccc2nc(CCl)n(CCc3ccco3)c2c1. The first-order valence-corrected chi connectivity index (χ1v) is 6.54. The van der Waals surface area contributed by atoms with Gasteiger partial charge >= 0.3 is 0 Å². The van der Waals surface area contributed by atoms with Gasteiger partial charge in [0.25, 0.3) is 0 Å². The van der Waals surface area contributed by atoms with Gasteiger partial charge in [-0.2, -0.15) is 0 Å². The van der Waals surface area contributed by atoms with E-state index < -0.39 is 0 Å². The molecule has 0 amide bonds. The maximum absolute atomic E-state index is 13.4. The predicted octanol–water partition coefficient (Wildman–Crippen LogP) is 3.75. The van der Waals surface area contributed by atoms with Crippen molar-refractivity contribution in [3.8, 4) is 0 Å². The van der Waals surface area contributed by atoms with Crippen molar-refractivity contribution in [3.05, 3.63) is 54.0 Å². The van der Waals surface area contributed by atoms with E-state index in [1.165, 1.54) is 12.1 Å². The lowest BCUT2D eigenvalue weighted by Crippen LogP contribution is -2.04. The summed E-state index contributed by atoms with van der Waals surface area (Å²) in [5.41, 5.74) is 1.53. The first kappa shape index (κ1) is 12.2. The number of hydrogen-bond donors (Lipinski definition) is 0. The highest BCUT2D eigenvalue weighted by Gasteiger charge is 2.11. The van der Waals surface area contributed by atoms with Gasteiger partial charge in [-0.05, 0) is 30.3 Å². The molecule has 3 rings (SSSR count). The fourth-order valence-corrected chi connectivity index (χ4v) is 2.38. The molecule has 0 spiro atoms. The van der Waals surface area contributed by atoms with E-state index in [4.69, 9.17) is 16.0 Å². The zero-order chi connectivity index (χ0) is 13.2. The largest absolute Gasteiger partial charge is 0.469 e. The van der Waals surface area contributed by atoms with Gasteiger partial charge in [0.05, 0.1) is 23.2 Å². The highest BCUT2D eigenvalue weighted by Crippen LogP contribution is 2.19.